The van der Waals surface area contributed by atoms with Crippen molar-refractivity contribution < 1.29 is 4.74 Å². The summed E-state index contributed by atoms with van der Waals surface area (Å²) in [7, 11) is 2.18. The SMILES string of the molecule is Cc1cc(-c2cc(-c3ccc(N4CCN(C)CC4)cc3)[nH]n2)ccc1OCc1ccccc1. The Kier molecular flexibility index (Phi) is 6.13. The molecule has 1 N–H and O–H groups in total. The number of aromatic amines is 1. The van der Waals surface area contributed by atoms with Gasteiger partial charge in [0.2, 0.25) is 0 Å². The second-order valence-electron chi connectivity index (χ2n) is 8.76. The summed E-state index contributed by atoms with van der Waals surface area (Å²) in [5.41, 5.74) is 7.74. The van der Waals surface area contributed by atoms with Gasteiger partial charge in [0.05, 0.1) is 11.4 Å². The standard InChI is InChI=1S/C28H30N4O/c1-21-18-24(10-13-28(21)33-20-22-6-4-3-5-7-22)27-19-26(29-30-27)23-8-11-25(12-9-23)32-16-14-31(2)15-17-32/h3-13,18-19H,14-17,20H2,1-2H3,(H,29,30). The summed E-state index contributed by atoms with van der Waals surface area (Å²) in [6.07, 6.45) is 0. The summed E-state index contributed by atoms with van der Waals surface area (Å²) in [6, 6.07) is 27.4. The van der Waals surface area contributed by atoms with E-state index < -0.39 is 0 Å². The van der Waals surface area contributed by atoms with Gasteiger partial charge in [0.25, 0.3) is 0 Å². The van der Waals surface area contributed by atoms with Crippen molar-refractivity contribution in [2.75, 3.05) is 38.1 Å². The number of benzene rings is 3. The van der Waals surface area contributed by atoms with E-state index in [4.69, 9.17) is 4.74 Å². The van der Waals surface area contributed by atoms with Crippen LogP contribution in [0.4, 0.5) is 5.69 Å². The smallest absolute Gasteiger partial charge is 0.122 e. The summed E-state index contributed by atoms with van der Waals surface area (Å²) >= 11 is 0. The number of ether oxygens (including phenoxy) is 1. The van der Waals surface area contributed by atoms with Crippen molar-refractivity contribution in [2.45, 2.75) is 13.5 Å². The zero-order chi connectivity index (χ0) is 22.6. The zero-order valence-electron chi connectivity index (χ0n) is 19.3. The molecule has 1 saturated heterocycles. The molecule has 0 atom stereocenters. The van der Waals surface area contributed by atoms with Crippen LogP contribution in [0.5, 0.6) is 5.75 Å². The number of piperazine rings is 1. The molecule has 1 aliphatic rings. The van der Waals surface area contributed by atoms with Crippen LogP contribution in [-0.4, -0.2) is 48.3 Å². The van der Waals surface area contributed by atoms with E-state index in [1.54, 1.807) is 0 Å². The van der Waals surface area contributed by atoms with Crippen molar-refractivity contribution in [1.29, 1.82) is 0 Å². The average Bonchev–Trinajstić information content (AvgIpc) is 3.35. The Labute approximate surface area is 195 Å². The van der Waals surface area contributed by atoms with Crippen molar-refractivity contribution in [2.24, 2.45) is 0 Å². The first-order valence-corrected chi connectivity index (χ1v) is 11.5. The lowest BCUT2D eigenvalue weighted by Gasteiger charge is -2.34. The molecular weight excluding hydrogens is 408 g/mol. The van der Waals surface area contributed by atoms with Crippen molar-refractivity contribution in [3.8, 4) is 28.3 Å². The van der Waals surface area contributed by atoms with Crippen LogP contribution in [0.2, 0.25) is 0 Å². The Balaban J connectivity index is 1.27. The Bertz CT molecular complexity index is 1190. The molecule has 168 valence electrons. The van der Waals surface area contributed by atoms with Crippen LogP contribution in [0.1, 0.15) is 11.1 Å². The van der Waals surface area contributed by atoms with Crippen LogP contribution in [-0.2, 0) is 6.61 Å². The molecule has 5 nitrogen and oxygen atoms in total. The van der Waals surface area contributed by atoms with Gasteiger partial charge >= 0.3 is 0 Å². The number of hydrogen-bond acceptors (Lipinski definition) is 4. The summed E-state index contributed by atoms with van der Waals surface area (Å²) in [4.78, 5) is 4.83. The van der Waals surface area contributed by atoms with Crippen molar-refractivity contribution in [3.63, 3.8) is 0 Å². The minimum atomic E-state index is 0.567. The summed E-state index contributed by atoms with van der Waals surface area (Å²) in [6.45, 7) is 7.03. The maximum Gasteiger partial charge on any atom is 0.122 e. The van der Waals surface area contributed by atoms with Crippen LogP contribution in [0.25, 0.3) is 22.5 Å². The van der Waals surface area contributed by atoms with Gasteiger partial charge in [-0.15, -0.1) is 0 Å². The maximum atomic E-state index is 6.02. The second kappa shape index (κ2) is 9.51. The number of hydrogen-bond donors (Lipinski definition) is 1. The van der Waals surface area contributed by atoms with Gasteiger partial charge in [0.1, 0.15) is 12.4 Å². The third kappa shape index (κ3) is 4.94. The highest BCUT2D eigenvalue weighted by Gasteiger charge is 2.14. The predicted molar refractivity (Wildman–Crippen MR) is 135 cm³/mol. The molecule has 0 amide bonds. The van der Waals surface area contributed by atoms with Gasteiger partial charge in [-0.05, 0) is 67.1 Å². The van der Waals surface area contributed by atoms with E-state index in [0.717, 1.165) is 65.6 Å². The third-order valence-corrected chi connectivity index (χ3v) is 6.33. The number of likely N-dealkylation sites (N-methyl/N-ethyl adjacent to an activating group) is 1. The molecule has 3 aromatic carbocycles. The van der Waals surface area contributed by atoms with E-state index >= 15 is 0 Å². The van der Waals surface area contributed by atoms with E-state index in [9.17, 15) is 0 Å². The van der Waals surface area contributed by atoms with E-state index in [1.165, 1.54) is 5.69 Å². The molecule has 5 heteroatoms. The lowest BCUT2D eigenvalue weighted by Crippen LogP contribution is -2.44. The van der Waals surface area contributed by atoms with E-state index in [-0.39, 0.29) is 0 Å². The van der Waals surface area contributed by atoms with Gasteiger partial charge in [0, 0.05) is 37.4 Å². The molecule has 5 rings (SSSR count). The number of anilines is 1. The minimum absolute atomic E-state index is 0.567. The topological polar surface area (TPSA) is 44.4 Å². The first-order valence-electron chi connectivity index (χ1n) is 11.5. The molecule has 0 spiro atoms. The molecule has 0 unspecified atom stereocenters. The van der Waals surface area contributed by atoms with Crippen LogP contribution < -0.4 is 9.64 Å². The highest BCUT2D eigenvalue weighted by atomic mass is 16.5. The fourth-order valence-electron chi connectivity index (χ4n) is 4.24. The Morgan fingerprint density at radius 2 is 1.58 bits per heavy atom. The quantitative estimate of drug-likeness (QED) is 0.439. The summed E-state index contributed by atoms with van der Waals surface area (Å²) < 4.78 is 6.02. The number of aryl methyl sites for hydroxylation is 1. The molecule has 0 bridgehead atoms. The molecule has 0 saturated carbocycles. The van der Waals surface area contributed by atoms with Crippen molar-refractivity contribution in [3.05, 3.63) is 90.0 Å². The second-order valence-corrected chi connectivity index (χ2v) is 8.76. The van der Waals surface area contributed by atoms with Crippen LogP contribution >= 0.6 is 0 Å². The molecule has 2 heterocycles. The third-order valence-electron chi connectivity index (χ3n) is 6.33. The number of aromatic nitrogens is 2. The van der Waals surface area contributed by atoms with Gasteiger partial charge in [-0.1, -0.05) is 42.5 Å². The minimum Gasteiger partial charge on any atom is -0.489 e. The fourth-order valence-corrected chi connectivity index (χ4v) is 4.24. The van der Waals surface area contributed by atoms with Gasteiger partial charge < -0.3 is 14.5 Å². The fraction of sp³-hybridized carbons (Fsp3) is 0.250. The van der Waals surface area contributed by atoms with Crippen LogP contribution in [0, 0.1) is 6.92 Å². The number of H-pyrrole nitrogens is 1. The lowest BCUT2D eigenvalue weighted by molar-refractivity contribution is 0.304. The molecule has 1 fully saturated rings. The monoisotopic (exact) mass is 438 g/mol. The molecule has 1 aliphatic heterocycles. The predicted octanol–water partition coefficient (Wildman–Crippen LogP) is 5.38. The van der Waals surface area contributed by atoms with Gasteiger partial charge in [-0.3, -0.25) is 5.10 Å². The average molecular weight is 439 g/mol. The highest BCUT2D eigenvalue weighted by molar-refractivity contribution is 5.70. The molecule has 33 heavy (non-hydrogen) atoms. The molecule has 0 radical (unpaired) electrons. The number of nitrogens with zero attached hydrogens (tertiary/aromatic N) is 3. The number of rotatable bonds is 6. The number of nitrogens with one attached hydrogen (secondary N) is 1. The van der Waals surface area contributed by atoms with E-state index in [2.05, 4.69) is 88.6 Å². The summed E-state index contributed by atoms with van der Waals surface area (Å²) in [5, 5.41) is 7.77. The maximum absolute atomic E-state index is 6.02. The van der Waals surface area contributed by atoms with Gasteiger partial charge in [-0.25, -0.2) is 0 Å². The Morgan fingerprint density at radius 3 is 2.30 bits per heavy atom. The normalized spacial score (nSPS) is 14.4. The van der Waals surface area contributed by atoms with E-state index in [0.29, 0.717) is 6.61 Å². The zero-order valence-corrected chi connectivity index (χ0v) is 19.3. The largest absolute Gasteiger partial charge is 0.489 e. The van der Waals surface area contributed by atoms with Gasteiger partial charge in [0.15, 0.2) is 0 Å². The van der Waals surface area contributed by atoms with Crippen LogP contribution in [0.15, 0.2) is 78.9 Å². The molecule has 1 aromatic heterocycles. The first-order chi connectivity index (χ1) is 16.2. The van der Waals surface area contributed by atoms with Crippen molar-refractivity contribution in [1.82, 2.24) is 15.1 Å². The van der Waals surface area contributed by atoms with Crippen molar-refractivity contribution >= 4 is 5.69 Å². The van der Waals surface area contributed by atoms with Gasteiger partial charge in [-0.2, -0.15) is 5.10 Å². The van der Waals surface area contributed by atoms with E-state index in [1.807, 2.05) is 24.3 Å². The lowest BCUT2D eigenvalue weighted by atomic mass is 10.1. The highest BCUT2D eigenvalue weighted by Crippen LogP contribution is 2.29. The van der Waals surface area contributed by atoms with Crippen LogP contribution in [0.3, 0.4) is 0 Å². The first kappa shape index (κ1) is 21.3. The summed E-state index contributed by atoms with van der Waals surface area (Å²) in [5.74, 6) is 0.901. The Hall–Kier alpha value is -3.57. The molecule has 0 aliphatic carbocycles. The molecule has 4 aromatic rings. The molecular formula is C28H30N4O. The Morgan fingerprint density at radius 1 is 0.848 bits per heavy atom.